The molecule has 0 aromatic rings. The van der Waals surface area contributed by atoms with Gasteiger partial charge in [-0.25, -0.2) is 21.9 Å². The molecule has 6 nitrogen and oxygen atoms in total. The molecule has 0 amide bonds. The average molecular weight is 341 g/mol. The minimum absolute atomic E-state index is 0.0235. The van der Waals surface area contributed by atoms with Crippen molar-refractivity contribution in [1.82, 2.24) is 4.72 Å². The van der Waals surface area contributed by atoms with Gasteiger partial charge in [-0.3, -0.25) is 4.79 Å². The first-order valence-corrected chi connectivity index (χ1v) is 8.91. The van der Waals surface area contributed by atoms with Crippen LogP contribution in [0.2, 0.25) is 0 Å². The Morgan fingerprint density at radius 1 is 1.32 bits per heavy atom. The van der Waals surface area contributed by atoms with Gasteiger partial charge in [0.1, 0.15) is 6.10 Å². The van der Waals surface area contributed by atoms with Crippen molar-refractivity contribution < 1.29 is 31.5 Å². The van der Waals surface area contributed by atoms with Crippen LogP contribution in [0.15, 0.2) is 0 Å². The van der Waals surface area contributed by atoms with E-state index in [1.165, 1.54) is 7.11 Å². The quantitative estimate of drug-likeness (QED) is 0.671. The molecule has 1 unspecified atom stereocenters. The van der Waals surface area contributed by atoms with Crippen molar-refractivity contribution >= 4 is 16.0 Å². The summed E-state index contributed by atoms with van der Waals surface area (Å²) in [5.74, 6) is -3.70. The maximum absolute atomic E-state index is 12.6. The molecule has 9 heteroatoms. The number of ether oxygens (including phenoxy) is 2. The third-order valence-electron chi connectivity index (χ3n) is 4.08. The fourth-order valence-electron chi connectivity index (χ4n) is 2.77. The number of carbonyl (C=O) groups excluding carboxylic acids is 1. The van der Waals surface area contributed by atoms with Gasteiger partial charge in [0.05, 0.1) is 25.9 Å². The predicted octanol–water partition coefficient (Wildman–Crippen LogP) is 1.21. The van der Waals surface area contributed by atoms with Crippen LogP contribution in [0, 0.1) is 0 Å². The van der Waals surface area contributed by atoms with Crippen LogP contribution >= 0.6 is 0 Å². The van der Waals surface area contributed by atoms with E-state index in [2.05, 4.69) is 9.46 Å². The van der Waals surface area contributed by atoms with Crippen molar-refractivity contribution in [2.45, 2.75) is 56.1 Å². The van der Waals surface area contributed by atoms with E-state index in [9.17, 15) is 22.0 Å². The van der Waals surface area contributed by atoms with Crippen molar-refractivity contribution in [3.8, 4) is 0 Å². The summed E-state index contributed by atoms with van der Waals surface area (Å²) in [5.41, 5.74) is -0.824. The second kappa shape index (κ2) is 6.37. The average Bonchev–Trinajstić information content (AvgIpc) is 2.81. The van der Waals surface area contributed by atoms with E-state index in [4.69, 9.17) is 4.74 Å². The Morgan fingerprint density at radius 3 is 2.41 bits per heavy atom. The molecular weight excluding hydrogens is 320 g/mol. The van der Waals surface area contributed by atoms with Gasteiger partial charge in [0.2, 0.25) is 10.0 Å². The van der Waals surface area contributed by atoms with Crippen molar-refractivity contribution in [1.29, 1.82) is 0 Å². The largest absolute Gasteiger partial charge is 0.469 e. The van der Waals surface area contributed by atoms with Crippen LogP contribution < -0.4 is 4.72 Å². The molecule has 0 bridgehead atoms. The number of alkyl halides is 2. The molecule has 2 aliphatic carbocycles. The van der Waals surface area contributed by atoms with Gasteiger partial charge in [0.15, 0.2) is 0 Å². The standard InChI is InChI=1S/C13H21F2NO5S/c1-20-11(17)9-12(4-2-3-5-12)16-22(18,19)7-6-21-10-8-13(10,14)15/h10,16H,2-9H2,1H3. The fourth-order valence-corrected chi connectivity index (χ4v) is 4.12. The lowest BCUT2D eigenvalue weighted by atomic mass is 9.95. The molecule has 0 aromatic carbocycles. The number of sulfonamides is 1. The second-order valence-corrected chi connectivity index (χ2v) is 7.83. The number of methoxy groups -OCH3 is 1. The highest BCUT2D eigenvalue weighted by molar-refractivity contribution is 7.89. The number of carbonyl (C=O) groups is 1. The van der Waals surface area contributed by atoms with Gasteiger partial charge in [-0.2, -0.15) is 0 Å². The van der Waals surface area contributed by atoms with Gasteiger partial charge in [-0.05, 0) is 12.8 Å². The minimum Gasteiger partial charge on any atom is -0.469 e. The predicted molar refractivity (Wildman–Crippen MR) is 74.1 cm³/mol. The maximum atomic E-state index is 12.6. The highest BCUT2D eigenvalue weighted by Crippen LogP contribution is 2.44. The molecule has 22 heavy (non-hydrogen) atoms. The van der Waals surface area contributed by atoms with Crippen molar-refractivity contribution in [2.75, 3.05) is 19.5 Å². The molecule has 0 aliphatic heterocycles. The summed E-state index contributed by atoms with van der Waals surface area (Å²) in [6.07, 6.45) is 1.22. The van der Waals surface area contributed by atoms with Crippen molar-refractivity contribution in [2.24, 2.45) is 0 Å². The van der Waals surface area contributed by atoms with Crippen molar-refractivity contribution in [3.05, 3.63) is 0 Å². The van der Waals surface area contributed by atoms with Crippen molar-refractivity contribution in [3.63, 3.8) is 0 Å². The highest BCUT2D eigenvalue weighted by Gasteiger charge is 2.58. The summed E-state index contributed by atoms with van der Waals surface area (Å²) in [6, 6.07) is 0. The number of hydrogen-bond acceptors (Lipinski definition) is 5. The molecule has 2 rings (SSSR count). The van der Waals surface area contributed by atoms with E-state index in [0.717, 1.165) is 12.8 Å². The van der Waals surface area contributed by atoms with E-state index in [1.54, 1.807) is 0 Å². The lowest BCUT2D eigenvalue weighted by molar-refractivity contribution is -0.142. The lowest BCUT2D eigenvalue weighted by Crippen LogP contribution is -2.49. The molecule has 0 radical (unpaired) electrons. The summed E-state index contributed by atoms with van der Waals surface area (Å²) in [4.78, 5) is 11.5. The van der Waals surface area contributed by atoms with Gasteiger partial charge in [0, 0.05) is 12.0 Å². The first-order chi connectivity index (χ1) is 10.2. The summed E-state index contributed by atoms with van der Waals surface area (Å²) < 4.78 is 61.5. The van der Waals surface area contributed by atoms with Gasteiger partial charge >= 0.3 is 5.97 Å². The molecule has 1 atom stereocenters. The van der Waals surface area contributed by atoms with Crippen LogP contribution in [0.5, 0.6) is 0 Å². The molecule has 2 fully saturated rings. The number of rotatable bonds is 8. The second-order valence-electron chi connectivity index (χ2n) is 5.99. The molecule has 0 aromatic heterocycles. The molecule has 0 saturated heterocycles. The van der Waals surface area contributed by atoms with Crippen LogP contribution in [0.25, 0.3) is 0 Å². The number of esters is 1. The minimum atomic E-state index is -3.71. The molecule has 0 spiro atoms. The van der Waals surface area contributed by atoms with Crippen LogP contribution in [-0.4, -0.2) is 51.4 Å². The highest BCUT2D eigenvalue weighted by atomic mass is 32.2. The van der Waals surface area contributed by atoms with E-state index in [-0.39, 0.29) is 19.4 Å². The van der Waals surface area contributed by atoms with Gasteiger partial charge in [0.25, 0.3) is 5.92 Å². The van der Waals surface area contributed by atoms with Crippen LogP contribution in [0.1, 0.15) is 38.5 Å². The molecule has 2 saturated carbocycles. The smallest absolute Gasteiger partial charge is 0.307 e. The van der Waals surface area contributed by atoms with Gasteiger partial charge in [-0.1, -0.05) is 12.8 Å². The van der Waals surface area contributed by atoms with Gasteiger partial charge in [-0.15, -0.1) is 0 Å². The molecule has 1 N–H and O–H groups in total. The van der Waals surface area contributed by atoms with Gasteiger partial charge < -0.3 is 9.47 Å². The van der Waals surface area contributed by atoms with Crippen LogP contribution in [0.4, 0.5) is 8.78 Å². The number of nitrogens with one attached hydrogen (secondary N) is 1. The third kappa shape index (κ3) is 4.60. The maximum Gasteiger partial charge on any atom is 0.307 e. The molecule has 0 heterocycles. The van der Waals surface area contributed by atoms with Crippen LogP contribution in [0.3, 0.4) is 0 Å². The summed E-state index contributed by atoms with van der Waals surface area (Å²) >= 11 is 0. The third-order valence-corrected chi connectivity index (χ3v) is 5.53. The Balaban J connectivity index is 1.86. The molecule has 2 aliphatic rings. The molecular formula is C13H21F2NO5S. The Kier molecular flexibility index (Phi) is 5.08. The van der Waals surface area contributed by atoms with E-state index >= 15 is 0 Å². The Morgan fingerprint density at radius 2 is 1.91 bits per heavy atom. The summed E-state index contributed by atoms with van der Waals surface area (Å²) in [6.45, 7) is -0.288. The monoisotopic (exact) mass is 341 g/mol. The Labute approximate surface area is 128 Å². The zero-order chi connectivity index (χ0) is 16.4. The lowest BCUT2D eigenvalue weighted by Gasteiger charge is -2.28. The SMILES string of the molecule is COC(=O)CC1(NS(=O)(=O)CCOC2CC2(F)F)CCCC1. The van der Waals surface area contributed by atoms with E-state index in [0.29, 0.717) is 12.8 Å². The molecule has 128 valence electrons. The number of hydrogen-bond donors (Lipinski definition) is 1. The van der Waals surface area contributed by atoms with E-state index in [1.807, 2.05) is 0 Å². The number of halogens is 2. The van der Waals surface area contributed by atoms with Crippen LogP contribution in [-0.2, 0) is 24.3 Å². The first-order valence-electron chi connectivity index (χ1n) is 7.26. The first kappa shape index (κ1) is 17.6. The summed E-state index contributed by atoms with van der Waals surface area (Å²) in [7, 11) is -2.46. The zero-order valence-electron chi connectivity index (χ0n) is 12.4. The zero-order valence-corrected chi connectivity index (χ0v) is 13.3. The topological polar surface area (TPSA) is 81.7 Å². The Hall–Kier alpha value is -0.800. The normalized spacial score (nSPS) is 25.9. The van der Waals surface area contributed by atoms with E-state index < -0.39 is 39.3 Å². The fraction of sp³-hybridized carbons (Fsp3) is 0.923. The summed E-state index contributed by atoms with van der Waals surface area (Å²) in [5, 5.41) is 0. The Bertz CT molecular complexity index is 517.